The molecule has 0 aliphatic heterocycles. The van der Waals surface area contributed by atoms with Crippen LogP contribution in [0.3, 0.4) is 0 Å². The lowest BCUT2D eigenvalue weighted by Gasteiger charge is -2.10. The maximum Gasteiger partial charge on any atom is 0.416 e. The Kier molecular flexibility index (Phi) is 5.04. The van der Waals surface area contributed by atoms with Crippen LogP contribution in [0.1, 0.15) is 22.9 Å². The average Bonchev–Trinajstić information content (AvgIpc) is 3.33. The summed E-state index contributed by atoms with van der Waals surface area (Å²) in [6, 6.07) is 13.7. The fourth-order valence-corrected chi connectivity index (χ4v) is 3.99. The summed E-state index contributed by atoms with van der Waals surface area (Å²) in [5.74, 6) is -0.196. The van der Waals surface area contributed by atoms with E-state index in [2.05, 4.69) is 21.8 Å². The molecule has 0 saturated heterocycles. The van der Waals surface area contributed by atoms with Crippen LogP contribution in [0.5, 0.6) is 0 Å². The first-order valence-corrected chi connectivity index (χ1v) is 10.4. The van der Waals surface area contributed by atoms with Crippen molar-refractivity contribution in [1.29, 1.82) is 0 Å². The van der Waals surface area contributed by atoms with E-state index in [0.29, 0.717) is 45.3 Å². The van der Waals surface area contributed by atoms with Gasteiger partial charge in [-0.3, -0.25) is 14.3 Å². The molecule has 3 heterocycles. The first kappa shape index (κ1) is 21.6. The van der Waals surface area contributed by atoms with E-state index < -0.39 is 11.7 Å². The summed E-state index contributed by atoms with van der Waals surface area (Å²) >= 11 is 0. The number of hydrogen-bond donors (Lipinski definition) is 0. The van der Waals surface area contributed by atoms with Crippen LogP contribution in [-0.4, -0.2) is 30.3 Å². The maximum atomic E-state index is 13.1. The molecule has 0 bridgehead atoms. The van der Waals surface area contributed by atoms with Gasteiger partial charge in [-0.05, 0) is 65.7 Å². The number of fused-ring (bicyclic) bond motifs is 3. The Morgan fingerprint density at radius 1 is 1.03 bits per heavy atom. The molecule has 0 spiro atoms. The number of benzene rings is 2. The van der Waals surface area contributed by atoms with Gasteiger partial charge in [-0.1, -0.05) is 6.58 Å². The lowest BCUT2D eigenvalue weighted by molar-refractivity contribution is -0.137. The van der Waals surface area contributed by atoms with E-state index in [0.717, 1.165) is 17.7 Å². The predicted molar refractivity (Wildman–Crippen MR) is 124 cm³/mol. The molecule has 5 rings (SSSR count). The molecule has 0 unspecified atom stereocenters. The fraction of sp³-hybridized carbons (Fsp3) is 0.120. The summed E-state index contributed by atoms with van der Waals surface area (Å²) < 4.78 is 40.8. The van der Waals surface area contributed by atoms with Crippen molar-refractivity contribution in [2.24, 2.45) is 7.05 Å². The quantitative estimate of drug-likeness (QED) is 0.253. The molecule has 5 aromatic rings. The van der Waals surface area contributed by atoms with E-state index in [-0.39, 0.29) is 7.21 Å². The number of ketones is 1. The molecular formula is C25H20F3N5O. The Labute approximate surface area is 193 Å². The highest BCUT2D eigenvalue weighted by atomic mass is 19.4. The Morgan fingerprint density at radius 3 is 2.41 bits per heavy atom. The maximum absolute atomic E-state index is 13.1. The minimum Gasteiger partial charge on any atom is -0.291 e. The van der Waals surface area contributed by atoms with Crippen LogP contribution in [0.2, 0.25) is 0 Å². The lowest BCUT2D eigenvalue weighted by Crippen LogP contribution is -2.06. The third-order valence-electron chi connectivity index (χ3n) is 5.60. The van der Waals surface area contributed by atoms with E-state index in [9.17, 15) is 18.0 Å². The van der Waals surface area contributed by atoms with Crippen LogP contribution in [0.25, 0.3) is 27.8 Å². The van der Waals surface area contributed by atoms with Crippen LogP contribution in [0, 0.1) is 0 Å². The predicted octanol–water partition coefficient (Wildman–Crippen LogP) is 5.55. The van der Waals surface area contributed by atoms with Gasteiger partial charge in [0, 0.05) is 43.9 Å². The highest BCUT2D eigenvalue weighted by molar-refractivity contribution is 6.13. The number of nitrogens with zero attached hydrogens (tertiary/aromatic N) is 5. The van der Waals surface area contributed by atoms with Crippen molar-refractivity contribution in [2.45, 2.75) is 12.6 Å². The summed E-state index contributed by atoms with van der Waals surface area (Å²) in [5, 5.41) is 9.49. The second-order valence-corrected chi connectivity index (χ2v) is 7.94. The highest BCUT2D eigenvalue weighted by Gasteiger charge is 2.30. The number of alkyl halides is 3. The normalized spacial score (nSPS) is 11.9. The molecule has 0 amide bonds. The number of allylic oxidation sites excluding steroid dienone is 1. The lowest BCUT2D eigenvalue weighted by atomic mass is 9.98. The molecule has 0 radical (unpaired) electrons. The second-order valence-electron chi connectivity index (χ2n) is 7.94. The summed E-state index contributed by atoms with van der Waals surface area (Å²) in [7, 11) is 1.66. The van der Waals surface area contributed by atoms with Crippen molar-refractivity contribution in [1.82, 2.24) is 24.5 Å². The molecule has 0 fully saturated rings. The van der Waals surface area contributed by atoms with Crippen molar-refractivity contribution in [3.63, 3.8) is 0 Å². The summed E-state index contributed by atoms with van der Waals surface area (Å²) in [5.41, 5.74) is 3.30. The molecule has 9 heteroatoms. The topological polar surface area (TPSA) is 65.6 Å². The number of halogens is 3. The standard InChI is InChI=1S/C25H18F3N5O.H2/c1-15(13-16-9-11-29-12-10-16)23(34)17-3-8-21-20(14-17)22-24(31-32(2)30-22)33(21)19-6-4-18(5-7-19)25(26,27)28;/h3-12,14H,1,13H2,2H3;1H. The molecule has 0 saturated carbocycles. The molecule has 2 aromatic carbocycles. The van der Waals surface area contributed by atoms with Crippen molar-refractivity contribution in [3.05, 3.63) is 95.8 Å². The number of aryl methyl sites for hydroxylation is 1. The smallest absolute Gasteiger partial charge is 0.291 e. The van der Waals surface area contributed by atoms with Gasteiger partial charge in [0.05, 0.1) is 11.1 Å². The number of pyridine rings is 1. The first-order chi connectivity index (χ1) is 16.2. The Bertz CT molecular complexity index is 1550. The fourth-order valence-electron chi connectivity index (χ4n) is 3.99. The van der Waals surface area contributed by atoms with Gasteiger partial charge in [-0.25, -0.2) is 0 Å². The molecule has 6 nitrogen and oxygen atoms in total. The van der Waals surface area contributed by atoms with Gasteiger partial charge in [0.1, 0.15) is 5.52 Å². The van der Waals surface area contributed by atoms with Crippen LogP contribution >= 0.6 is 0 Å². The summed E-state index contributed by atoms with van der Waals surface area (Å²) in [6.45, 7) is 3.95. The van der Waals surface area contributed by atoms with Gasteiger partial charge in [0.2, 0.25) is 0 Å². The van der Waals surface area contributed by atoms with E-state index in [1.165, 1.54) is 16.9 Å². The minimum absolute atomic E-state index is 0. The van der Waals surface area contributed by atoms with E-state index in [4.69, 9.17) is 0 Å². The third kappa shape index (κ3) is 3.75. The van der Waals surface area contributed by atoms with E-state index >= 15 is 0 Å². The van der Waals surface area contributed by atoms with Gasteiger partial charge in [-0.15, -0.1) is 5.10 Å². The number of carbonyl (C=O) groups excluding carboxylic acids is 1. The highest BCUT2D eigenvalue weighted by Crippen LogP contribution is 2.33. The van der Waals surface area contributed by atoms with Crippen molar-refractivity contribution >= 4 is 27.9 Å². The van der Waals surface area contributed by atoms with Crippen molar-refractivity contribution in [3.8, 4) is 5.69 Å². The first-order valence-electron chi connectivity index (χ1n) is 10.4. The Morgan fingerprint density at radius 2 is 1.74 bits per heavy atom. The molecule has 172 valence electrons. The van der Waals surface area contributed by atoms with Crippen LogP contribution < -0.4 is 0 Å². The molecule has 3 aromatic heterocycles. The molecule has 34 heavy (non-hydrogen) atoms. The molecule has 0 aliphatic rings. The summed E-state index contributed by atoms with van der Waals surface area (Å²) in [4.78, 5) is 18.4. The van der Waals surface area contributed by atoms with Crippen LogP contribution in [0.15, 0.2) is 79.1 Å². The van der Waals surface area contributed by atoms with Crippen LogP contribution in [-0.2, 0) is 19.6 Å². The van der Waals surface area contributed by atoms with Gasteiger partial charge in [0.15, 0.2) is 11.4 Å². The molecule has 0 aliphatic carbocycles. The second kappa shape index (κ2) is 7.95. The number of Topliss-reactive ketones (excluding diaryl/α,β-unsaturated/α-hetero) is 1. The zero-order valence-electron chi connectivity index (χ0n) is 18.0. The number of rotatable bonds is 5. The van der Waals surface area contributed by atoms with E-state index in [1.807, 2.05) is 12.1 Å². The van der Waals surface area contributed by atoms with Gasteiger partial charge in [0.25, 0.3) is 0 Å². The molecule has 0 atom stereocenters. The summed E-state index contributed by atoms with van der Waals surface area (Å²) in [6.07, 6.45) is -0.707. The largest absolute Gasteiger partial charge is 0.416 e. The van der Waals surface area contributed by atoms with Gasteiger partial charge >= 0.3 is 6.18 Å². The van der Waals surface area contributed by atoms with Gasteiger partial charge in [-0.2, -0.15) is 23.1 Å². The van der Waals surface area contributed by atoms with Crippen LogP contribution in [0.4, 0.5) is 13.2 Å². The number of aromatic nitrogens is 5. The Hall–Kier alpha value is -4.27. The molecular weight excluding hydrogens is 443 g/mol. The SMILES string of the molecule is C=C(Cc1ccncc1)C(=O)c1ccc2c(c1)c1nn(C)nc1n2-c1ccc(C(F)(F)F)cc1.[HH]. The molecule has 0 N–H and O–H groups in total. The monoisotopic (exact) mass is 463 g/mol. The average molecular weight is 463 g/mol. The van der Waals surface area contributed by atoms with Gasteiger partial charge < -0.3 is 0 Å². The number of carbonyl (C=O) groups is 1. The minimum atomic E-state index is -4.42. The van der Waals surface area contributed by atoms with Crippen molar-refractivity contribution in [2.75, 3.05) is 0 Å². The van der Waals surface area contributed by atoms with E-state index in [1.54, 1.807) is 42.2 Å². The zero-order chi connectivity index (χ0) is 24.0. The third-order valence-corrected chi connectivity index (χ3v) is 5.60. The Balaban J connectivity index is 0.00000289. The zero-order valence-corrected chi connectivity index (χ0v) is 18.0. The van der Waals surface area contributed by atoms with Crippen molar-refractivity contribution < 1.29 is 19.4 Å². The number of hydrogen-bond acceptors (Lipinski definition) is 4.